The van der Waals surface area contributed by atoms with Gasteiger partial charge in [0.15, 0.2) is 17.5 Å². The van der Waals surface area contributed by atoms with E-state index in [0.29, 0.717) is 17.5 Å². The maximum atomic E-state index is 7.02. The average molecular weight is 761 g/mol. The molecule has 0 aliphatic carbocycles. The first-order valence-electron chi connectivity index (χ1n) is 20.6. The third-order valence-electron chi connectivity index (χ3n) is 12.9. The van der Waals surface area contributed by atoms with Crippen LogP contribution in [0.15, 0.2) is 162 Å². The van der Waals surface area contributed by atoms with Gasteiger partial charge in [-0.15, -0.1) is 16.4 Å². The molecule has 0 saturated carbocycles. The van der Waals surface area contributed by atoms with Crippen LogP contribution in [0.3, 0.4) is 0 Å². The van der Waals surface area contributed by atoms with E-state index in [2.05, 4.69) is 167 Å². The van der Waals surface area contributed by atoms with Gasteiger partial charge in [-0.2, -0.15) is 0 Å². The summed E-state index contributed by atoms with van der Waals surface area (Å²) < 4.78 is 7.02. The monoisotopic (exact) mass is 761 g/mol. The molecule has 0 radical (unpaired) electrons. The second-order valence-electron chi connectivity index (χ2n) is 16.1. The lowest BCUT2D eigenvalue weighted by Gasteiger charge is -2.20. The lowest BCUT2D eigenvalue weighted by molar-refractivity contribution is 0.670. The first-order valence-corrected chi connectivity index (χ1v) is 20.6. The van der Waals surface area contributed by atoms with Gasteiger partial charge in [-0.05, 0) is 67.2 Å². The zero-order valence-corrected chi connectivity index (χ0v) is 34.3. The molecule has 0 bridgehead atoms. The fourth-order valence-corrected chi connectivity index (χ4v) is 9.39. The van der Waals surface area contributed by atoms with Crippen molar-refractivity contribution in [3.63, 3.8) is 0 Å². The molecular weight excluding hydrogens is 725 g/mol. The Morgan fingerprint density at radius 3 is 1.40 bits per heavy atom. The molecule has 0 saturated heterocycles. The summed E-state index contributed by atoms with van der Waals surface area (Å²) in [5.74, 6) is 1.79. The third-order valence-corrected chi connectivity index (χ3v) is 12.9. The van der Waals surface area contributed by atoms with Crippen molar-refractivity contribution < 1.29 is 4.42 Å². The van der Waals surface area contributed by atoms with Crippen LogP contribution in [0.4, 0.5) is 0 Å². The molecule has 11 aromatic rings. The Morgan fingerprint density at radius 1 is 0.300 bits per heavy atom. The lowest BCUT2D eigenvalue weighted by atomic mass is 9.59. The lowest BCUT2D eigenvalue weighted by Crippen LogP contribution is -2.55. The van der Waals surface area contributed by atoms with E-state index in [1.54, 1.807) is 0 Å². The van der Waals surface area contributed by atoms with Gasteiger partial charge in [0.25, 0.3) is 0 Å². The normalized spacial score (nSPS) is 11.7. The molecule has 2 heterocycles. The first-order chi connectivity index (χ1) is 29.3. The van der Waals surface area contributed by atoms with Crippen molar-refractivity contribution in [2.75, 3.05) is 0 Å². The summed E-state index contributed by atoms with van der Waals surface area (Å²) in [6.45, 7) is 0. The first kappa shape index (κ1) is 36.0. The second kappa shape index (κ2) is 14.0. The Labute approximate surface area is 352 Å². The van der Waals surface area contributed by atoms with Crippen LogP contribution >= 0.6 is 0 Å². The summed E-state index contributed by atoms with van der Waals surface area (Å²) in [4.78, 5) is 15.5. The summed E-state index contributed by atoms with van der Waals surface area (Å²) in [7, 11) is 11.1. The molecule has 0 spiro atoms. The molecular formula is C51H36B5N3O. The maximum absolute atomic E-state index is 7.02. The summed E-state index contributed by atoms with van der Waals surface area (Å²) in [5.41, 5.74) is 15.4. The molecule has 9 heteroatoms. The van der Waals surface area contributed by atoms with E-state index in [1.165, 1.54) is 65.2 Å². The standard InChI is InChI=1S/C51H36B5N3O/c52-42-41(43(53)45(55)46(56)44(42)54)29-13-8-14-30(25-29)50-57-49(27-11-2-1-3-12-27)58-51(59-50)39-22-10-21-38-37-20-9-19-31(47(37)60-48(38)39)28-23-24-36-34-17-5-4-15-32(34)33-16-6-7-18-35(33)40(36)26-28/h1-26H,52-56H2. The second-order valence-corrected chi connectivity index (χ2v) is 16.1. The molecule has 60 heavy (non-hydrogen) atoms. The van der Waals surface area contributed by atoms with Crippen LogP contribution in [-0.2, 0) is 0 Å². The number of fused-ring (bicyclic) bond motifs is 9. The van der Waals surface area contributed by atoms with Crippen LogP contribution in [-0.4, -0.2) is 54.2 Å². The van der Waals surface area contributed by atoms with Gasteiger partial charge >= 0.3 is 0 Å². The number of rotatable bonds is 5. The predicted octanol–water partition coefficient (Wildman–Crippen LogP) is 4.86. The molecule has 0 unspecified atom stereocenters. The fourth-order valence-electron chi connectivity index (χ4n) is 9.39. The van der Waals surface area contributed by atoms with E-state index in [9.17, 15) is 0 Å². The zero-order chi connectivity index (χ0) is 40.6. The third kappa shape index (κ3) is 5.64. The molecule has 9 aromatic carbocycles. The minimum absolute atomic E-state index is 0.564. The smallest absolute Gasteiger partial charge is 0.167 e. The maximum Gasteiger partial charge on any atom is 0.167 e. The predicted molar refractivity (Wildman–Crippen MR) is 268 cm³/mol. The van der Waals surface area contributed by atoms with Crippen LogP contribution in [0.1, 0.15) is 0 Å². The van der Waals surface area contributed by atoms with E-state index in [1.807, 2.05) is 30.3 Å². The van der Waals surface area contributed by atoms with Crippen molar-refractivity contribution in [3.8, 4) is 56.4 Å². The number of hydrogen-bond donors (Lipinski definition) is 0. The average Bonchev–Trinajstić information content (AvgIpc) is 3.70. The van der Waals surface area contributed by atoms with Crippen LogP contribution in [0.25, 0.3) is 111 Å². The van der Waals surface area contributed by atoms with Crippen molar-refractivity contribution in [3.05, 3.63) is 158 Å². The molecule has 0 aliphatic rings. The van der Waals surface area contributed by atoms with E-state index >= 15 is 0 Å². The van der Waals surface area contributed by atoms with Crippen molar-refractivity contribution in [1.82, 2.24) is 15.0 Å². The molecule has 0 atom stereocenters. The summed E-state index contributed by atoms with van der Waals surface area (Å²) in [6.07, 6.45) is 0. The summed E-state index contributed by atoms with van der Waals surface area (Å²) in [6, 6.07) is 55.7. The van der Waals surface area contributed by atoms with Gasteiger partial charge in [-0.1, -0.05) is 150 Å². The van der Waals surface area contributed by atoms with Crippen molar-refractivity contribution in [2.24, 2.45) is 0 Å². The van der Waals surface area contributed by atoms with E-state index in [0.717, 1.165) is 55.3 Å². The Morgan fingerprint density at radius 2 is 0.750 bits per heavy atom. The van der Waals surface area contributed by atoms with Gasteiger partial charge in [0.2, 0.25) is 0 Å². The van der Waals surface area contributed by atoms with Gasteiger partial charge in [0.05, 0.1) is 5.56 Å². The number of hydrogen-bond acceptors (Lipinski definition) is 4. The summed E-state index contributed by atoms with van der Waals surface area (Å²) >= 11 is 0. The molecule has 276 valence electrons. The van der Waals surface area contributed by atoms with Gasteiger partial charge < -0.3 is 4.42 Å². The molecule has 0 fully saturated rings. The van der Waals surface area contributed by atoms with E-state index < -0.39 is 0 Å². The number of nitrogens with zero attached hydrogens (tertiary/aromatic N) is 3. The van der Waals surface area contributed by atoms with Crippen molar-refractivity contribution in [2.45, 2.75) is 0 Å². The van der Waals surface area contributed by atoms with Crippen molar-refractivity contribution in [1.29, 1.82) is 0 Å². The highest BCUT2D eigenvalue weighted by Gasteiger charge is 2.21. The molecule has 2 aromatic heterocycles. The van der Waals surface area contributed by atoms with Crippen LogP contribution in [0.5, 0.6) is 0 Å². The Hall–Kier alpha value is -7.11. The highest BCUT2D eigenvalue weighted by atomic mass is 16.3. The quantitative estimate of drug-likeness (QED) is 0.186. The molecule has 0 N–H and O–H groups in total. The topological polar surface area (TPSA) is 51.8 Å². The minimum atomic E-state index is 0.564. The fraction of sp³-hybridized carbons (Fsp3) is 0. The number of para-hydroxylation sites is 2. The molecule has 4 nitrogen and oxygen atoms in total. The Balaban J connectivity index is 1.10. The number of benzene rings is 9. The van der Waals surface area contributed by atoms with Gasteiger partial charge in [0, 0.05) is 27.5 Å². The van der Waals surface area contributed by atoms with E-state index in [4.69, 9.17) is 19.4 Å². The number of furan rings is 1. The Kier molecular flexibility index (Phi) is 8.42. The highest BCUT2D eigenvalue weighted by molar-refractivity contribution is 6.68. The zero-order valence-electron chi connectivity index (χ0n) is 34.3. The minimum Gasteiger partial charge on any atom is -0.455 e. The van der Waals surface area contributed by atoms with Gasteiger partial charge in [0.1, 0.15) is 50.4 Å². The molecule has 11 rings (SSSR count). The van der Waals surface area contributed by atoms with E-state index in [-0.39, 0.29) is 0 Å². The number of aromatic nitrogens is 3. The van der Waals surface area contributed by atoms with Crippen LogP contribution < -0.4 is 27.3 Å². The molecule has 0 aliphatic heterocycles. The molecule has 0 amide bonds. The van der Waals surface area contributed by atoms with Gasteiger partial charge in [-0.25, -0.2) is 15.0 Å². The van der Waals surface area contributed by atoms with Crippen molar-refractivity contribution >= 4 is 121 Å². The Bertz CT molecular complexity index is 3500. The highest BCUT2D eigenvalue weighted by Crippen LogP contribution is 2.42. The van der Waals surface area contributed by atoms with Crippen LogP contribution in [0, 0.1) is 0 Å². The van der Waals surface area contributed by atoms with Gasteiger partial charge in [-0.3, -0.25) is 0 Å². The largest absolute Gasteiger partial charge is 0.455 e. The summed E-state index contributed by atoms with van der Waals surface area (Å²) in [5, 5.41) is 9.56. The van der Waals surface area contributed by atoms with Crippen LogP contribution in [0.2, 0.25) is 0 Å². The SMILES string of the molecule is Bc1c(B)c(B)c(-c2cccc(-c3nc(-c4ccccc4)nc(-c4cccc5c4oc4c(-c6ccc7c8ccccc8c8ccccc8c7c6)cccc45)n3)c2)c(B)c1B.